The molecule has 17 heavy (non-hydrogen) atoms. The molecule has 2 N–H and O–H groups in total. The molecule has 1 saturated carbocycles. The Morgan fingerprint density at radius 3 is 2.29 bits per heavy atom. The second-order valence-electron chi connectivity index (χ2n) is 5.63. The molecule has 0 aromatic rings. The number of carbonyl (C=O) groups excluding carboxylic acids is 1. The Morgan fingerprint density at radius 2 is 1.94 bits per heavy atom. The predicted molar refractivity (Wildman–Crippen MR) is 64.8 cm³/mol. The average molecular weight is 242 g/mol. The van der Waals surface area contributed by atoms with Crippen LogP contribution in [0.25, 0.3) is 0 Å². The third-order valence-electron chi connectivity index (χ3n) is 3.11. The summed E-state index contributed by atoms with van der Waals surface area (Å²) in [5.41, 5.74) is -0.484. The maximum Gasteiger partial charge on any atom is 0.323 e. The molecular formula is C12H22N2O3. The van der Waals surface area contributed by atoms with Gasteiger partial charge in [0.2, 0.25) is 0 Å². The van der Waals surface area contributed by atoms with Crippen molar-refractivity contribution in [2.45, 2.75) is 45.6 Å². The topological polar surface area (TPSA) is 69.6 Å². The fraction of sp³-hybridized carbons (Fsp3) is 0.833. The van der Waals surface area contributed by atoms with Crippen LogP contribution in [0.4, 0.5) is 4.79 Å². The maximum absolute atomic E-state index is 11.9. The molecule has 0 spiro atoms. The molecule has 0 atom stereocenters. The average Bonchev–Trinajstić information content (AvgIpc) is 2.09. The maximum atomic E-state index is 11.9. The van der Waals surface area contributed by atoms with Crippen molar-refractivity contribution in [2.24, 2.45) is 5.92 Å². The monoisotopic (exact) mass is 242 g/mol. The summed E-state index contributed by atoms with van der Waals surface area (Å²) in [6.07, 6.45) is 3.56. The number of carboxylic acids is 1. The molecule has 2 amide bonds. The van der Waals surface area contributed by atoms with E-state index in [2.05, 4.69) is 5.32 Å². The van der Waals surface area contributed by atoms with Gasteiger partial charge in [0.1, 0.15) is 6.54 Å². The molecule has 98 valence electrons. The lowest BCUT2D eigenvalue weighted by atomic mass is 9.85. The van der Waals surface area contributed by atoms with Crippen molar-refractivity contribution in [1.82, 2.24) is 10.2 Å². The fourth-order valence-corrected chi connectivity index (χ4v) is 1.77. The molecule has 1 aliphatic carbocycles. The highest BCUT2D eigenvalue weighted by atomic mass is 16.4. The highest BCUT2D eigenvalue weighted by Gasteiger charge is 2.29. The largest absolute Gasteiger partial charge is 0.480 e. The van der Waals surface area contributed by atoms with Crippen LogP contribution >= 0.6 is 0 Å². The van der Waals surface area contributed by atoms with E-state index in [1.807, 2.05) is 20.8 Å². The van der Waals surface area contributed by atoms with E-state index in [-0.39, 0.29) is 12.6 Å². The van der Waals surface area contributed by atoms with Crippen LogP contribution < -0.4 is 5.32 Å². The predicted octanol–water partition coefficient (Wildman–Crippen LogP) is 1.68. The molecule has 0 aromatic heterocycles. The number of urea groups is 1. The summed E-state index contributed by atoms with van der Waals surface area (Å²) in [6, 6.07) is -0.285. The van der Waals surface area contributed by atoms with Crippen LogP contribution in [0.15, 0.2) is 0 Å². The van der Waals surface area contributed by atoms with Crippen molar-refractivity contribution in [3.63, 3.8) is 0 Å². The smallest absolute Gasteiger partial charge is 0.323 e. The second-order valence-corrected chi connectivity index (χ2v) is 5.63. The molecule has 1 aliphatic rings. The van der Waals surface area contributed by atoms with Crippen LogP contribution in [0.1, 0.15) is 40.0 Å². The van der Waals surface area contributed by atoms with Gasteiger partial charge in [-0.05, 0) is 39.5 Å². The summed E-state index contributed by atoms with van der Waals surface area (Å²) in [6.45, 7) is 5.89. The van der Waals surface area contributed by atoms with Crippen LogP contribution in [0.3, 0.4) is 0 Å². The van der Waals surface area contributed by atoms with Gasteiger partial charge in [-0.2, -0.15) is 0 Å². The number of nitrogens with one attached hydrogen (secondary N) is 1. The molecule has 0 unspecified atom stereocenters. The van der Waals surface area contributed by atoms with Crippen molar-refractivity contribution in [1.29, 1.82) is 0 Å². The zero-order valence-electron chi connectivity index (χ0n) is 10.8. The Bertz CT molecular complexity index is 293. The molecule has 5 heteroatoms. The summed E-state index contributed by atoms with van der Waals surface area (Å²) in [7, 11) is 0. The van der Waals surface area contributed by atoms with Gasteiger partial charge >= 0.3 is 12.0 Å². The highest BCUT2D eigenvalue weighted by Crippen LogP contribution is 2.25. The first-order valence-electron chi connectivity index (χ1n) is 6.08. The molecule has 1 fully saturated rings. The normalized spacial score (nSPS) is 16.2. The number of aliphatic carboxylic acids is 1. The first-order chi connectivity index (χ1) is 7.80. The Balaban J connectivity index is 2.49. The summed E-state index contributed by atoms with van der Waals surface area (Å²) in [4.78, 5) is 24.0. The number of hydrogen-bond donors (Lipinski definition) is 2. The number of nitrogens with zero attached hydrogens (tertiary/aromatic N) is 1. The fourth-order valence-electron chi connectivity index (χ4n) is 1.77. The van der Waals surface area contributed by atoms with E-state index in [4.69, 9.17) is 5.11 Å². The molecule has 0 bridgehead atoms. The van der Waals surface area contributed by atoms with Gasteiger partial charge in [-0.3, -0.25) is 4.79 Å². The third-order valence-corrected chi connectivity index (χ3v) is 3.11. The Hall–Kier alpha value is -1.26. The molecule has 0 aromatic carbocycles. The van der Waals surface area contributed by atoms with Crippen molar-refractivity contribution in [3.8, 4) is 0 Å². The second kappa shape index (κ2) is 5.38. The summed E-state index contributed by atoms with van der Waals surface area (Å²) >= 11 is 0. The lowest BCUT2D eigenvalue weighted by Gasteiger charge is -2.35. The van der Waals surface area contributed by atoms with Gasteiger partial charge in [0, 0.05) is 12.1 Å². The minimum atomic E-state index is -0.987. The van der Waals surface area contributed by atoms with Gasteiger partial charge in [0.05, 0.1) is 0 Å². The van der Waals surface area contributed by atoms with Crippen molar-refractivity contribution < 1.29 is 14.7 Å². The van der Waals surface area contributed by atoms with E-state index in [9.17, 15) is 9.59 Å². The Kier molecular flexibility index (Phi) is 4.37. The van der Waals surface area contributed by atoms with Crippen LogP contribution in [0, 0.1) is 5.92 Å². The Labute approximate surface area is 102 Å². The number of amides is 2. The highest BCUT2D eigenvalue weighted by molar-refractivity contribution is 5.80. The van der Waals surface area contributed by atoms with E-state index in [0.717, 1.165) is 12.8 Å². The zero-order valence-corrected chi connectivity index (χ0v) is 10.8. The number of carboxylic acid groups (broad SMARTS) is 1. The van der Waals surface area contributed by atoms with Crippen molar-refractivity contribution in [2.75, 3.05) is 13.1 Å². The summed E-state index contributed by atoms with van der Waals surface area (Å²) in [5.74, 6) is -0.413. The SMILES string of the molecule is CC(C)(C)N(CC(=O)O)C(=O)NCC1CCC1. The molecule has 5 nitrogen and oxygen atoms in total. The minimum absolute atomic E-state index is 0.264. The van der Waals surface area contributed by atoms with E-state index in [0.29, 0.717) is 12.5 Å². The standard InChI is InChI=1S/C12H22N2O3/c1-12(2,3)14(8-10(15)16)11(17)13-7-9-5-4-6-9/h9H,4-8H2,1-3H3,(H,13,17)(H,15,16). The van der Waals surface area contributed by atoms with Gasteiger partial charge in [-0.1, -0.05) is 6.42 Å². The lowest BCUT2D eigenvalue weighted by Crippen LogP contribution is -2.53. The summed E-state index contributed by atoms with van der Waals surface area (Å²) in [5, 5.41) is 11.6. The first-order valence-corrected chi connectivity index (χ1v) is 6.08. The van der Waals surface area contributed by atoms with E-state index >= 15 is 0 Å². The van der Waals surface area contributed by atoms with Gasteiger partial charge in [-0.15, -0.1) is 0 Å². The lowest BCUT2D eigenvalue weighted by molar-refractivity contribution is -0.138. The summed E-state index contributed by atoms with van der Waals surface area (Å²) < 4.78 is 0. The zero-order chi connectivity index (χ0) is 13.1. The van der Waals surface area contributed by atoms with Crippen molar-refractivity contribution >= 4 is 12.0 Å². The third kappa shape index (κ3) is 4.24. The number of rotatable bonds is 4. The van der Waals surface area contributed by atoms with Gasteiger partial charge in [0.15, 0.2) is 0 Å². The molecule has 1 rings (SSSR count). The molecule has 0 saturated heterocycles. The van der Waals surface area contributed by atoms with E-state index in [1.54, 1.807) is 0 Å². The molecule has 0 heterocycles. The van der Waals surface area contributed by atoms with Gasteiger partial charge in [0.25, 0.3) is 0 Å². The number of carbonyl (C=O) groups is 2. The van der Waals surface area contributed by atoms with Gasteiger partial charge in [-0.25, -0.2) is 4.79 Å². The van der Waals surface area contributed by atoms with Crippen LogP contribution in [-0.2, 0) is 4.79 Å². The van der Waals surface area contributed by atoms with Crippen LogP contribution in [0.2, 0.25) is 0 Å². The van der Waals surface area contributed by atoms with Crippen LogP contribution in [0.5, 0.6) is 0 Å². The van der Waals surface area contributed by atoms with Crippen LogP contribution in [-0.4, -0.2) is 40.6 Å². The Morgan fingerprint density at radius 1 is 1.35 bits per heavy atom. The minimum Gasteiger partial charge on any atom is -0.480 e. The van der Waals surface area contributed by atoms with E-state index < -0.39 is 11.5 Å². The number of hydrogen-bond acceptors (Lipinski definition) is 2. The van der Waals surface area contributed by atoms with Crippen molar-refractivity contribution in [3.05, 3.63) is 0 Å². The molecular weight excluding hydrogens is 220 g/mol. The quantitative estimate of drug-likeness (QED) is 0.788. The first kappa shape index (κ1) is 13.8. The molecule has 0 aliphatic heterocycles. The van der Waals surface area contributed by atoms with E-state index in [1.165, 1.54) is 11.3 Å². The molecule has 0 radical (unpaired) electrons. The van der Waals surface area contributed by atoms with Gasteiger partial charge < -0.3 is 15.3 Å².